The van der Waals surface area contributed by atoms with E-state index in [1.54, 1.807) is 0 Å². The number of benzene rings is 1. The maximum atomic E-state index is 4.48. The zero-order chi connectivity index (χ0) is 13.7. The van der Waals surface area contributed by atoms with Crippen LogP contribution < -0.4 is 5.32 Å². The summed E-state index contributed by atoms with van der Waals surface area (Å²) in [4.78, 5) is 4.48. The second-order valence-corrected chi connectivity index (χ2v) is 5.65. The van der Waals surface area contributed by atoms with E-state index >= 15 is 0 Å². The van der Waals surface area contributed by atoms with Gasteiger partial charge in [0.05, 0.1) is 5.69 Å². The largest absolute Gasteiger partial charge is 0.370 e. The van der Waals surface area contributed by atoms with Crippen molar-refractivity contribution < 1.29 is 0 Å². The van der Waals surface area contributed by atoms with Crippen LogP contribution in [0.3, 0.4) is 0 Å². The fourth-order valence-electron chi connectivity index (χ4n) is 2.01. The topological polar surface area (TPSA) is 24.9 Å². The maximum Gasteiger partial charge on any atom is 0.126 e. The number of pyridine rings is 1. The van der Waals surface area contributed by atoms with E-state index in [0.717, 1.165) is 29.0 Å². The Morgan fingerprint density at radius 3 is 2.58 bits per heavy atom. The van der Waals surface area contributed by atoms with Crippen LogP contribution in [0.25, 0.3) is 0 Å². The molecule has 0 bridgehead atoms. The molecule has 0 aliphatic rings. The first-order valence-electron chi connectivity index (χ1n) is 6.59. The molecular formula is C16H19BrN2. The zero-order valence-electron chi connectivity index (χ0n) is 11.4. The third kappa shape index (κ3) is 4.06. The molecule has 2 aromatic rings. The number of halogens is 1. The lowest BCUT2D eigenvalue weighted by atomic mass is 9.98. The van der Waals surface area contributed by atoms with E-state index in [4.69, 9.17) is 0 Å². The Kier molecular flexibility index (Phi) is 4.97. The molecule has 0 saturated heterocycles. The van der Waals surface area contributed by atoms with Crippen molar-refractivity contribution >= 4 is 21.7 Å². The summed E-state index contributed by atoms with van der Waals surface area (Å²) in [6, 6.07) is 14.7. The van der Waals surface area contributed by atoms with Crippen LogP contribution in [0.2, 0.25) is 0 Å². The highest BCUT2D eigenvalue weighted by atomic mass is 79.9. The van der Waals surface area contributed by atoms with Crippen molar-refractivity contribution in [1.82, 2.24) is 4.98 Å². The molecule has 1 heterocycles. The van der Waals surface area contributed by atoms with Gasteiger partial charge in [0.15, 0.2) is 0 Å². The van der Waals surface area contributed by atoms with E-state index in [1.165, 1.54) is 5.56 Å². The number of hydrogen-bond donors (Lipinski definition) is 1. The average Bonchev–Trinajstić information content (AvgIpc) is 2.43. The van der Waals surface area contributed by atoms with Gasteiger partial charge in [0.1, 0.15) is 5.82 Å². The molecule has 0 fully saturated rings. The van der Waals surface area contributed by atoms with Gasteiger partial charge in [-0.25, -0.2) is 4.98 Å². The van der Waals surface area contributed by atoms with E-state index in [0.29, 0.717) is 5.92 Å². The van der Waals surface area contributed by atoms with E-state index in [9.17, 15) is 0 Å². The Hall–Kier alpha value is -1.35. The summed E-state index contributed by atoms with van der Waals surface area (Å²) in [5, 5.41) is 3.38. The molecule has 19 heavy (non-hydrogen) atoms. The summed E-state index contributed by atoms with van der Waals surface area (Å²) >= 11 is 3.46. The monoisotopic (exact) mass is 318 g/mol. The lowest BCUT2D eigenvalue weighted by molar-refractivity contribution is 0.704. The summed E-state index contributed by atoms with van der Waals surface area (Å²) in [6.07, 6.45) is 1.10. The highest BCUT2D eigenvalue weighted by Crippen LogP contribution is 2.19. The lowest BCUT2D eigenvalue weighted by Gasteiger charge is -2.13. The van der Waals surface area contributed by atoms with Crippen molar-refractivity contribution in [3.8, 4) is 0 Å². The van der Waals surface area contributed by atoms with Crippen LogP contribution in [0.5, 0.6) is 0 Å². The molecule has 2 rings (SSSR count). The van der Waals surface area contributed by atoms with Gasteiger partial charge in [-0.15, -0.1) is 0 Å². The summed E-state index contributed by atoms with van der Waals surface area (Å²) < 4.78 is 1.05. The second-order valence-electron chi connectivity index (χ2n) is 4.79. The molecule has 0 amide bonds. The number of aromatic nitrogens is 1. The van der Waals surface area contributed by atoms with E-state index in [2.05, 4.69) is 63.5 Å². The number of nitrogens with zero attached hydrogens (tertiary/aromatic N) is 1. The summed E-state index contributed by atoms with van der Waals surface area (Å²) in [5.74, 6) is 1.51. The fraction of sp³-hybridized carbons (Fsp3) is 0.312. The van der Waals surface area contributed by atoms with Crippen molar-refractivity contribution in [2.45, 2.75) is 26.2 Å². The molecule has 3 heteroatoms. The molecule has 0 saturated carbocycles. The molecule has 1 aromatic heterocycles. The number of aryl methyl sites for hydroxylation is 1. The molecule has 2 nitrogen and oxygen atoms in total. The van der Waals surface area contributed by atoms with Crippen molar-refractivity contribution in [3.63, 3.8) is 0 Å². The highest BCUT2D eigenvalue weighted by Gasteiger charge is 2.05. The van der Waals surface area contributed by atoms with Gasteiger partial charge in [0.25, 0.3) is 0 Å². The van der Waals surface area contributed by atoms with Crippen molar-refractivity contribution in [2.24, 2.45) is 0 Å². The van der Waals surface area contributed by atoms with Crippen LogP contribution >= 0.6 is 15.9 Å². The fourth-order valence-corrected chi connectivity index (χ4v) is 2.23. The number of nitrogens with one attached hydrogen (secondary N) is 1. The van der Waals surface area contributed by atoms with Gasteiger partial charge in [-0.2, -0.15) is 0 Å². The predicted molar refractivity (Wildman–Crippen MR) is 84.6 cm³/mol. The van der Waals surface area contributed by atoms with Crippen LogP contribution in [0.4, 0.5) is 5.82 Å². The van der Waals surface area contributed by atoms with Gasteiger partial charge in [-0.05, 0) is 52.9 Å². The van der Waals surface area contributed by atoms with Crippen molar-refractivity contribution in [3.05, 3.63) is 58.2 Å². The molecule has 100 valence electrons. The first-order valence-corrected chi connectivity index (χ1v) is 7.38. The number of anilines is 1. The smallest absolute Gasteiger partial charge is 0.126 e. The van der Waals surface area contributed by atoms with Gasteiger partial charge in [0.2, 0.25) is 0 Å². The maximum absolute atomic E-state index is 4.48. The van der Waals surface area contributed by atoms with E-state index in [-0.39, 0.29) is 0 Å². The van der Waals surface area contributed by atoms with Gasteiger partial charge in [-0.1, -0.05) is 37.3 Å². The van der Waals surface area contributed by atoms with Gasteiger partial charge >= 0.3 is 0 Å². The Balaban J connectivity index is 1.85. The minimum Gasteiger partial charge on any atom is -0.370 e. The van der Waals surface area contributed by atoms with Crippen molar-refractivity contribution in [1.29, 1.82) is 0 Å². The van der Waals surface area contributed by atoms with Crippen LogP contribution in [-0.2, 0) is 0 Å². The SMILES string of the molecule is Cc1nc(NCCC(C)c2ccccc2)ccc1Br. The highest BCUT2D eigenvalue weighted by molar-refractivity contribution is 9.10. The Labute approximate surface area is 123 Å². The molecule has 1 aromatic carbocycles. The predicted octanol–water partition coefficient (Wildman–Crippen LogP) is 4.76. The standard InChI is InChI=1S/C16H19BrN2/c1-12(14-6-4-3-5-7-14)10-11-18-16-9-8-15(17)13(2)19-16/h3-9,12H,10-11H2,1-2H3,(H,18,19). The molecular weight excluding hydrogens is 300 g/mol. The first kappa shape index (κ1) is 14.1. The molecule has 0 radical (unpaired) electrons. The number of hydrogen-bond acceptors (Lipinski definition) is 2. The summed E-state index contributed by atoms with van der Waals surface area (Å²) in [5.41, 5.74) is 2.41. The van der Waals surface area contributed by atoms with Gasteiger partial charge in [0, 0.05) is 11.0 Å². The number of rotatable bonds is 5. The molecule has 1 unspecified atom stereocenters. The van der Waals surface area contributed by atoms with E-state index in [1.807, 2.05) is 19.1 Å². The minimum absolute atomic E-state index is 0.560. The quantitative estimate of drug-likeness (QED) is 0.859. The molecule has 0 spiro atoms. The van der Waals surface area contributed by atoms with Gasteiger partial charge < -0.3 is 5.32 Å². The van der Waals surface area contributed by atoms with Crippen LogP contribution in [0.15, 0.2) is 46.9 Å². The van der Waals surface area contributed by atoms with E-state index < -0.39 is 0 Å². The molecule has 0 aliphatic carbocycles. The Morgan fingerprint density at radius 1 is 1.16 bits per heavy atom. The Bertz CT molecular complexity index is 526. The Morgan fingerprint density at radius 2 is 1.89 bits per heavy atom. The normalized spacial score (nSPS) is 12.2. The van der Waals surface area contributed by atoms with Crippen LogP contribution in [-0.4, -0.2) is 11.5 Å². The third-order valence-electron chi connectivity index (χ3n) is 3.27. The first-order chi connectivity index (χ1) is 9.16. The minimum atomic E-state index is 0.560. The van der Waals surface area contributed by atoms with Crippen LogP contribution in [0.1, 0.15) is 30.5 Å². The van der Waals surface area contributed by atoms with Crippen molar-refractivity contribution in [2.75, 3.05) is 11.9 Å². The third-order valence-corrected chi connectivity index (χ3v) is 4.11. The molecule has 0 aliphatic heterocycles. The van der Waals surface area contributed by atoms with Crippen LogP contribution in [0, 0.1) is 6.92 Å². The second kappa shape index (κ2) is 6.71. The lowest BCUT2D eigenvalue weighted by Crippen LogP contribution is -2.07. The van der Waals surface area contributed by atoms with Gasteiger partial charge in [-0.3, -0.25) is 0 Å². The molecule has 1 atom stereocenters. The summed E-state index contributed by atoms with van der Waals surface area (Å²) in [6.45, 7) is 5.20. The molecule has 1 N–H and O–H groups in total. The summed E-state index contributed by atoms with van der Waals surface area (Å²) in [7, 11) is 0. The average molecular weight is 319 g/mol. The zero-order valence-corrected chi connectivity index (χ0v) is 12.9.